The van der Waals surface area contributed by atoms with Crippen LogP contribution in [0, 0.1) is 4.77 Å². The Kier molecular flexibility index (Phi) is 5.08. The quantitative estimate of drug-likeness (QED) is 0.620. The molecule has 1 saturated heterocycles. The van der Waals surface area contributed by atoms with Crippen LogP contribution >= 0.6 is 35.2 Å². The predicted molar refractivity (Wildman–Crippen MR) is 108 cm³/mol. The van der Waals surface area contributed by atoms with Crippen molar-refractivity contribution < 1.29 is 0 Å². The van der Waals surface area contributed by atoms with Gasteiger partial charge in [0.05, 0.1) is 11.7 Å². The number of piperazine rings is 1. The van der Waals surface area contributed by atoms with Gasteiger partial charge in [-0.3, -0.25) is 4.90 Å². The summed E-state index contributed by atoms with van der Waals surface area (Å²) in [6.07, 6.45) is 1.86. The maximum atomic E-state index is 6.33. The van der Waals surface area contributed by atoms with Crippen molar-refractivity contribution in [3.63, 3.8) is 0 Å². The molecule has 6 nitrogen and oxygen atoms in total. The molecule has 0 aliphatic carbocycles. The summed E-state index contributed by atoms with van der Waals surface area (Å²) < 4.78 is 4.50. The number of hydrogen-bond donors (Lipinski definition) is 0. The molecule has 0 bridgehead atoms. The first-order chi connectivity index (χ1) is 12.6. The van der Waals surface area contributed by atoms with E-state index in [0.717, 1.165) is 42.7 Å². The molecule has 2 aromatic heterocycles. The third-order valence-corrected chi connectivity index (χ3v) is 6.20. The second kappa shape index (κ2) is 7.48. The van der Waals surface area contributed by atoms with E-state index in [9.17, 15) is 0 Å². The standard InChI is InChI=1S/C17H19ClN6S2/c1-21-15(13-4-2-3-5-14(13)18)20-24(17(21)25)12-22-7-9-23(10-8-22)16-19-6-11-26-16/h2-6,11H,7-10,12H2,1H3. The summed E-state index contributed by atoms with van der Waals surface area (Å²) in [5.74, 6) is 0.794. The average molecular weight is 407 g/mol. The number of aromatic nitrogens is 4. The van der Waals surface area contributed by atoms with Crippen LogP contribution in [0.5, 0.6) is 0 Å². The maximum absolute atomic E-state index is 6.33. The summed E-state index contributed by atoms with van der Waals surface area (Å²) in [5, 5.41) is 8.53. The molecule has 26 heavy (non-hydrogen) atoms. The maximum Gasteiger partial charge on any atom is 0.199 e. The van der Waals surface area contributed by atoms with Crippen LogP contribution in [0.25, 0.3) is 11.4 Å². The third kappa shape index (κ3) is 3.42. The molecule has 1 aromatic carbocycles. The molecule has 136 valence electrons. The number of nitrogens with zero attached hydrogens (tertiary/aromatic N) is 6. The van der Waals surface area contributed by atoms with E-state index in [4.69, 9.17) is 28.9 Å². The Morgan fingerprint density at radius 1 is 1.19 bits per heavy atom. The highest BCUT2D eigenvalue weighted by Gasteiger charge is 2.20. The number of benzene rings is 1. The van der Waals surface area contributed by atoms with E-state index in [1.54, 1.807) is 11.3 Å². The van der Waals surface area contributed by atoms with Crippen molar-refractivity contribution in [1.82, 2.24) is 24.2 Å². The van der Waals surface area contributed by atoms with Gasteiger partial charge in [-0.25, -0.2) is 9.67 Å². The van der Waals surface area contributed by atoms with Crippen molar-refractivity contribution in [3.8, 4) is 11.4 Å². The van der Waals surface area contributed by atoms with Gasteiger partial charge in [-0.2, -0.15) is 5.10 Å². The fourth-order valence-corrected chi connectivity index (χ4v) is 4.20. The van der Waals surface area contributed by atoms with Crippen LogP contribution in [0.15, 0.2) is 35.8 Å². The summed E-state index contributed by atoms with van der Waals surface area (Å²) in [6, 6.07) is 7.72. The smallest absolute Gasteiger partial charge is 0.199 e. The van der Waals surface area contributed by atoms with Gasteiger partial charge in [0.25, 0.3) is 0 Å². The molecule has 1 fully saturated rings. The fraction of sp³-hybridized carbons (Fsp3) is 0.353. The fourth-order valence-electron chi connectivity index (χ4n) is 3.10. The third-order valence-electron chi connectivity index (χ3n) is 4.55. The monoisotopic (exact) mass is 406 g/mol. The molecular weight excluding hydrogens is 388 g/mol. The van der Waals surface area contributed by atoms with Crippen LogP contribution in [0.2, 0.25) is 5.02 Å². The highest BCUT2D eigenvalue weighted by atomic mass is 35.5. The Labute approximate surface area is 166 Å². The zero-order valence-electron chi connectivity index (χ0n) is 14.4. The van der Waals surface area contributed by atoms with Crippen LogP contribution < -0.4 is 4.90 Å². The molecule has 0 atom stereocenters. The molecule has 0 radical (unpaired) electrons. The SMILES string of the molecule is Cn1c(-c2ccccc2Cl)nn(CN2CCN(c3nccs3)CC2)c1=S. The lowest BCUT2D eigenvalue weighted by Crippen LogP contribution is -2.46. The summed E-state index contributed by atoms with van der Waals surface area (Å²) in [4.78, 5) is 9.09. The molecule has 4 rings (SSSR count). The lowest BCUT2D eigenvalue weighted by molar-refractivity contribution is 0.194. The van der Waals surface area contributed by atoms with Gasteiger partial charge in [0.1, 0.15) is 0 Å². The Balaban J connectivity index is 1.49. The summed E-state index contributed by atoms with van der Waals surface area (Å²) in [7, 11) is 1.94. The van der Waals surface area contributed by atoms with Crippen LogP contribution in [0.4, 0.5) is 5.13 Å². The summed E-state index contributed by atoms with van der Waals surface area (Å²) in [6.45, 7) is 4.53. The molecule has 1 aliphatic rings. The minimum absolute atomic E-state index is 0.680. The van der Waals surface area contributed by atoms with E-state index in [0.29, 0.717) is 16.5 Å². The van der Waals surface area contributed by atoms with Gasteiger partial charge in [0.15, 0.2) is 15.7 Å². The predicted octanol–water partition coefficient (Wildman–Crippen LogP) is 3.51. The van der Waals surface area contributed by atoms with E-state index in [1.807, 2.05) is 52.1 Å². The van der Waals surface area contributed by atoms with Gasteiger partial charge in [0, 0.05) is 50.4 Å². The highest BCUT2D eigenvalue weighted by Crippen LogP contribution is 2.26. The normalized spacial score (nSPS) is 15.5. The Morgan fingerprint density at radius 3 is 2.65 bits per heavy atom. The van der Waals surface area contributed by atoms with Gasteiger partial charge in [-0.1, -0.05) is 23.7 Å². The van der Waals surface area contributed by atoms with Crippen molar-refractivity contribution in [3.05, 3.63) is 45.6 Å². The second-order valence-electron chi connectivity index (χ2n) is 6.21. The van der Waals surface area contributed by atoms with Gasteiger partial charge in [-0.15, -0.1) is 11.3 Å². The van der Waals surface area contributed by atoms with Gasteiger partial charge in [-0.05, 0) is 24.4 Å². The first-order valence-corrected chi connectivity index (χ1v) is 10.1. The van der Waals surface area contributed by atoms with Crippen LogP contribution in [-0.2, 0) is 13.7 Å². The number of hydrogen-bond acceptors (Lipinski definition) is 6. The van der Waals surface area contributed by atoms with Crippen molar-refractivity contribution in [2.45, 2.75) is 6.67 Å². The molecule has 0 spiro atoms. The number of rotatable bonds is 4. The molecule has 3 aromatic rings. The van der Waals surface area contributed by atoms with Crippen LogP contribution in [-0.4, -0.2) is 50.4 Å². The first kappa shape index (κ1) is 17.7. The lowest BCUT2D eigenvalue weighted by atomic mass is 10.2. The minimum Gasteiger partial charge on any atom is -0.346 e. The number of anilines is 1. The zero-order chi connectivity index (χ0) is 18.1. The van der Waals surface area contributed by atoms with E-state index < -0.39 is 0 Å². The molecule has 3 heterocycles. The van der Waals surface area contributed by atoms with E-state index in [2.05, 4.69) is 14.8 Å². The minimum atomic E-state index is 0.680. The Hall–Kier alpha value is -1.74. The van der Waals surface area contributed by atoms with Gasteiger partial charge in [0.2, 0.25) is 0 Å². The van der Waals surface area contributed by atoms with Crippen molar-refractivity contribution in [1.29, 1.82) is 0 Å². The zero-order valence-corrected chi connectivity index (χ0v) is 16.8. The van der Waals surface area contributed by atoms with Crippen molar-refractivity contribution in [2.24, 2.45) is 7.05 Å². The van der Waals surface area contributed by atoms with E-state index in [-0.39, 0.29) is 0 Å². The topological polar surface area (TPSA) is 42.1 Å². The van der Waals surface area contributed by atoms with Crippen molar-refractivity contribution in [2.75, 3.05) is 31.1 Å². The number of thiazole rings is 1. The molecular formula is C17H19ClN6S2. The largest absolute Gasteiger partial charge is 0.346 e. The summed E-state index contributed by atoms with van der Waals surface area (Å²) >= 11 is 13.6. The Bertz CT molecular complexity index is 941. The van der Waals surface area contributed by atoms with Gasteiger partial charge >= 0.3 is 0 Å². The van der Waals surface area contributed by atoms with Crippen LogP contribution in [0.1, 0.15) is 0 Å². The highest BCUT2D eigenvalue weighted by molar-refractivity contribution is 7.71. The Morgan fingerprint density at radius 2 is 1.96 bits per heavy atom. The van der Waals surface area contributed by atoms with Gasteiger partial charge < -0.3 is 9.47 Å². The molecule has 0 amide bonds. The average Bonchev–Trinajstić information content (AvgIpc) is 3.28. The molecule has 0 N–H and O–H groups in total. The van der Waals surface area contributed by atoms with E-state index >= 15 is 0 Å². The summed E-state index contributed by atoms with van der Waals surface area (Å²) in [5.41, 5.74) is 0.898. The van der Waals surface area contributed by atoms with Crippen LogP contribution in [0.3, 0.4) is 0 Å². The van der Waals surface area contributed by atoms with E-state index in [1.165, 1.54) is 0 Å². The van der Waals surface area contributed by atoms with Crippen molar-refractivity contribution >= 4 is 40.3 Å². The second-order valence-corrected chi connectivity index (χ2v) is 7.85. The molecule has 1 aliphatic heterocycles. The molecule has 0 unspecified atom stereocenters. The molecule has 0 saturated carbocycles. The molecule has 9 heteroatoms. The first-order valence-electron chi connectivity index (χ1n) is 8.39. The number of halogens is 1. The lowest BCUT2D eigenvalue weighted by Gasteiger charge is -2.34.